The zero-order valence-corrected chi connectivity index (χ0v) is 30.3. The van der Waals surface area contributed by atoms with Crippen LogP contribution in [-0.4, -0.2) is 59.1 Å². The van der Waals surface area contributed by atoms with Crippen molar-refractivity contribution in [1.82, 2.24) is 0 Å². The van der Waals surface area contributed by atoms with E-state index in [2.05, 4.69) is 123 Å². The smallest absolute Gasteiger partial charge is 0.261 e. The van der Waals surface area contributed by atoms with Crippen molar-refractivity contribution in [2.24, 2.45) is 0 Å². The topological polar surface area (TPSA) is 60.5 Å². The number of rotatable bonds is 15. The molecule has 5 nitrogen and oxygen atoms in total. The fraction of sp³-hybridized carbons (Fsp3) is 0.667. The van der Waals surface area contributed by atoms with Gasteiger partial charge in [-0.05, 0) is 51.3 Å². The Bertz CT molecular complexity index is 1070. The minimum atomic E-state index is -2.62. The van der Waals surface area contributed by atoms with Crippen LogP contribution in [-0.2, 0) is 18.3 Å². The van der Waals surface area contributed by atoms with Crippen molar-refractivity contribution in [3.05, 3.63) is 60.7 Å². The molecule has 0 aromatic heterocycles. The Morgan fingerprint density at radius 3 is 1.84 bits per heavy atom. The summed E-state index contributed by atoms with van der Waals surface area (Å²) in [6.07, 6.45) is 4.06. The highest BCUT2D eigenvalue weighted by molar-refractivity contribution is 6.99. The van der Waals surface area contributed by atoms with E-state index in [0.29, 0.717) is 23.2 Å². The normalized spacial score (nSPS) is 24.5. The summed E-state index contributed by atoms with van der Waals surface area (Å²) >= 11 is 0. The summed E-state index contributed by atoms with van der Waals surface area (Å²) in [5.41, 5.74) is 1.53. The van der Waals surface area contributed by atoms with Gasteiger partial charge < -0.3 is 23.4 Å². The summed E-state index contributed by atoms with van der Waals surface area (Å²) < 4.78 is 27.9. The van der Waals surface area contributed by atoms with Crippen LogP contribution >= 0.6 is 0 Å². The quantitative estimate of drug-likeness (QED) is 0.126. The van der Waals surface area contributed by atoms with E-state index in [1.807, 2.05) is 0 Å². The van der Waals surface area contributed by atoms with Gasteiger partial charge in [-0.15, -0.1) is 0 Å². The lowest BCUT2D eigenvalue weighted by Crippen LogP contribution is -2.66. The number of unbranched alkanes of at least 4 members (excludes halogenated alkanes) is 1. The predicted octanol–water partition coefficient (Wildman–Crippen LogP) is 7.56. The lowest BCUT2D eigenvalue weighted by Gasteiger charge is -2.46. The van der Waals surface area contributed by atoms with Crippen molar-refractivity contribution in [3.63, 3.8) is 0 Å². The van der Waals surface area contributed by atoms with Crippen molar-refractivity contribution in [1.29, 1.82) is 0 Å². The molecule has 2 aliphatic heterocycles. The maximum Gasteiger partial charge on any atom is 0.261 e. The lowest BCUT2D eigenvalue weighted by molar-refractivity contribution is -0.125. The largest absolute Gasteiger partial charge is 0.410 e. The van der Waals surface area contributed by atoms with Crippen molar-refractivity contribution in [2.45, 2.75) is 140 Å². The Kier molecular flexibility index (Phi) is 11.2. The number of aliphatic hydroxyl groups excluding tert-OH is 1. The van der Waals surface area contributed by atoms with Gasteiger partial charge in [0, 0.05) is 26.1 Å². The van der Waals surface area contributed by atoms with Crippen molar-refractivity contribution < 1.29 is 23.4 Å². The Balaban J connectivity index is 1.60. The van der Waals surface area contributed by atoms with Crippen LogP contribution in [0.1, 0.15) is 94.4 Å². The fourth-order valence-electron chi connectivity index (χ4n) is 8.15. The second kappa shape index (κ2) is 14.0. The van der Waals surface area contributed by atoms with Gasteiger partial charge in [-0.2, -0.15) is 0 Å². The molecule has 7 heteroatoms. The third kappa shape index (κ3) is 6.93. The van der Waals surface area contributed by atoms with Crippen LogP contribution in [0.5, 0.6) is 0 Å². The van der Waals surface area contributed by atoms with Crippen LogP contribution in [0, 0.1) is 0 Å². The molecule has 2 fully saturated rings. The molecular weight excluding hydrogens is 569 g/mol. The first kappa shape index (κ1) is 34.5. The number of hydrogen-bond donors (Lipinski definition) is 1. The van der Waals surface area contributed by atoms with Gasteiger partial charge in [0.1, 0.15) is 6.10 Å². The molecule has 2 aromatic carbocycles. The molecule has 4 atom stereocenters. The fourth-order valence-corrected chi connectivity index (χ4v) is 18.3. The molecule has 1 N–H and O–H groups in total. The highest BCUT2D eigenvalue weighted by atomic mass is 28.4. The third-order valence-electron chi connectivity index (χ3n) is 10.1. The number of benzene rings is 2. The van der Waals surface area contributed by atoms with Crippen molar-refractivity contribution >= 4 is 27.0 Å². The van der Waals surface area contributed by atoms with Crippen LogP contribution in [0.2, 0.25) is 21.7 Å². The number of aliphatic hydroxyl groups is 1. The van der Waals surface area contributed by atoms with Crippen molar-refractivity contribution in [2.75, 3.05) is 13.2 Å². The minimum Gasteiger partial charge on any atom is -0.410 e. The lowest BCUT2D eigenvalue weighted by atomic mass is 9.96. The highest BCUT2D eigenvalue weighted by Crippen LogP contribution is 2.54. The number of epoxide rings is 1. The molecule has 0 unspecified atom stereocenters. The van der Waals surface area contributed by atoms with Crippen LogP contribution < -0.4 is 10.4 Å². The minimum absolute atomic E-state index is 0.00530. The van der Waals surface area contributed by atoms with E-state index < -0.39 is 22.4 Å². The summed E-state index contributed by atoms with van der Waals surface area (Å²) in [4.78, 5) is 0. The zero-order valence-electron chi connectivity index (χ0n) is 28.3. The molecule has 0 spiro atoms. The maximum absolute atomic E-state index is 9.47. The zero-order chi connectivity index (χ0) is 31.5. The molecule has 2 saturated heterocycles. The second-order valence-electron chi connectivity index (χ2n) is 14.8. The summed E-state index contributed by atoms with van der Waals surface area (Å²) in [7, 11) is -4.73. The van der Waals surface area contributed by atoms with E-state index in [1.54, 1.807) is 0 Å². The van der Waals surface area contributed by atoms with Crippen LogP contribution in [0.3, 0.4) is 0 Å². The molecule has 0 saturated carbocycles. The van der Waals surface area contributed by atoms with Crippen LogP contribution in [0.25, 0.3) is 0 Å². The second-order valence-corrected chi connectivity index (χ2v) is 24.5. The number of fused-ring (bicyclic) bond motifs is 1. The maximum atomic E-state index is 9.47. The third-order valence-corrected chi connectivity index (χ3v) is 21.2. The SMILES string of the molecule is CC(C)[Si](O[C@@H]1C[C@@H](CCO[Si](c2ccccc2)(c2ccccc2)C(C)(C)C)O[C@@]2(CCCCO)O[C@@H]12)(C(C)C)C(C)C. The van der Waals surface area contributed by atoms with E-state index >= 15 is 0 Å². The molecule has 2 aliphatic rings. The molecule has 2 aromatic rings. The number of ether oxygens (including phenoxy) is 2. The monoisotopic (exact) mass is 626 g/mol. The molecular formula is C36H58O5Si2. The van der Waals surface area contributed by atoms with Gasteiger partial charge >= 0.3 is 0 Å². The van der Waals surface area contributed by atoms with Gasteiger partial charge in [-0.25, -0.2) is 0 Å². The van der Waals surface area contributed by atoms with Crippen LogP contribution in [0.15, 0.2) is 60.7 Å². The summed E-state index contributed by atoms with van der Waals surface area (Å²) in [5.74, 6) is -0.592. The Labute approximate surface area is 263 Å². The van der Waals surface area contributed by atoms with E-state index in [-0.39, 0.29) is 30.0 Å². The average Bonchev–Trinajstić information content (AvgIpc) is 3.68. The van der Waals surface area contributed by atoms with E-state index in [0.717, 1.165) is 32.1 Å². The summed E-state index contributed by atoms with van der Waals surface area (Å²) in [6.45, 7) is 21.9. The van der Waals surface area contributed by atoms with Crippen LogP contribution in [0.4, 0.5) is 0 Å². The van der Waals surface area contributed by atoms with Gasteiger partial charge in [0.2, 0.25) is 8.32 Å². The Morgan fingerprint density at radius 2 is 1.37 bits per heavy atom. The molecule has 0 bridgehead atoms. The predicted molar refractivity (Wildman–Crippen MR) is 182 cm³/mol. The molecule has 0 aliphatic carbocycles. The van der Waals surface area contributed by atoms with Gasteiger partial charge in [-0.3, -0.25) is 0 Å². The number of hydrogen-bond acceptors (Lipinski definition) is 5. The van der Waals surface area contributed by atoms with Crippen molar-refractivity contribution in [3.8, 4) is 0 Å². The first-order valence-electron chi connectivity index (χ1n) is 16.7. The molecule has 0 amide bonds. The standard InChI is InChI=1S/C36H58O5Si2/c1-27(2)42(28(3)4,29(5)6)41-33-26-30(39-36(34(33)40-36)23-16-17-24-37)22-25-38-43(35(7,8)9,31-18-12-10-13-19-31)32-20-14-11-15-21-32/h10-15,18-21,27-30,33-34,37H,16-17,22-26H2,1-9H3/t30-,33-,34+,36+/m1/s1. The van der Waals surface area contributed by atoms with Gasteiger partial charge in [0.25, 0.3) is 8.32 Å². The summed E-state index contributed by atoms with van der Waals surface area (Å²) in [6, 6.07) is 21.7. The average molecular weight is 627 g/mol. The Morgan fingerprint density at radius 1 is 0.837 bits per heavy atom. The first-order chi connectivity index (χ1) is 20.3. The Hall–Kier alpha value is -1.33. The van der Waals surface area contributed by atoms with E-state index in [1.165, 1.54) is 10.4 Å². The molecule has 4 rings (SSSR count). The van der Waals surface area contributed by atoms with Gasteiger partial charge in [0.15, 0.2) is 5.79 Å². The molecule has 2 heterocycles. The van der Waals surface area contributed by atoms with E-state index in [9.17, 15) is 5.11 Å². The molecule has 240 valence electrons. The molecule has 43 heavy (non-hydrogen) atoms. The summed E-state index contributed by atoms with van der Waals surface area (Å²) in [5, 5.41) is 12.0. The van der Waals surface area contributed by atoms with Gasteiger partial charge in [0.05, 0.1) is 12.2 Å². The van der Waals surface area contributed by atoms with Gasteiger partial charge in [-0.1, -0.05) is 123 Å². The van der Waals surface area contributed by atoms with E-state index in [4.69, 9.17) is 18.3 Å². The highest BCUT2D eigenvalue weighted by Gasteiger charge is 2.66. The first-order valence-corrected chi connectivity index (χ1v) is 20.8. The molecule has 0 radical (unpaired) electrons.